The van der Waals surface area contributed by atoms with Crippen LogP contribution in [0.1, 0.15) is 12.8 Å². The van der Waals surface area contributed by atoms with E-state index < -0.39 is 0 Å². The largest absolute Gasteiger partial charge is 0.385 e. The molecule has 0 unspecified atom stereocenters. The van der Waals surface area contributed by atoms with Crippen molar-refractivity contribution in [3.05, 3.63) is 27.6 Å². The van der Waals surface area contributed by atoms with E-state index in [1.54, 1.807) is 6.07 Å². The third kappa shape index (κ3) is 3.59. The summed E-state index contributed by atoms with van der Waals surface area (Å²) in [5, 5.41) is 3.30. The molecular formula is C12H15FINO. The lowest BCUT2D eigenvalue weighted by atomic mass is 10.0. The Bertz CT molecular complexity index is 333. The Kier molecular flexibility index (Phi) is 4.40. The van der Waals surface area contributed by atoms with Gasteiger partial charge in [-0.15, -0.1) is 0 Å². The minimum atomic E-state index is -0.179. The van der Waals surface area contributed by atoms with Gasteiger partial charge in [-0.3, -0.25) is 0 Å². The van der Waals surface area contributed by atoms with Crippen molar-refractivity contribution in [1.82, 2.24) is 0 Å². The number of hydrogen-bond acceptors (Lipinski definition) is 2. The molecule has 1 aromatic carbocycles. The van der Waals surface area contributed by atoms with Crippen molar-refractivity contribution in [3.63, 3.8) is 0 Å². The summed E-state index contributed by atoms with van der Waals surface area (Å²) in [5.41, 5.74) is 0.871. The van der Waals surface area contributed by atoms with Crippen molar-refractivity contribution in [2.75, 3.05) is 25.1 Å². The highest BCUT2D eigenvalue weighted by molar-refractivity contribution is 14.1. The number of ether oxygens (including phenoxy) is 1. The standard InChI is InChI=1S/C12H15FINO/c13-10-5-11(14)7-12(6-10)15-8-9-1-3-16-4-2-9/h5-7,9,15H,1-4,8H2. The maximum absolute atomic E-state index is 13.1. The molecule has 0 amide bonds. The van der Waals surface area contributed by atoms with Gasteiger partial charge >= 0.3 is 0 Å². The third-order valence-corrected chi connectivity index (χ3v) is 3.42. The summed E-state index contributed by atoms with van der Waals surface area (Å²) in [6.45, 7) is 2.61. The molecule has 0 saturated carbocycles. The second-order valence-electron chi connectivity index (χ2n) is 4.09. The zero-order chi connectivity index (χ0) is 11.4. The SMILES string of the molecule is Fc1cc(I)cc(NCC2CCOCC2)c1. The quantitative estimate of drug-likeness (QED) is 0.856. The summed E-state index contributed by atoms with van der Waals surface area (Å²) in [5.74, 6) is 0.469. The molecular weight excluding hydrogens is 320 g/mol. The molecule has 0 spiro atoms. The average Bonchev–Trinajstić information content (AvgIpc) is 2.27. The maximum Gasteiger partial charge on any atom is 0.126 e. The number of hydrogen-bond donors (Lipinski definition) is 1. The molecule has 0 aromatic heterocycles. The molecule has 2 rings (SSSR count). The third-order valence-electron chi connectivity index (χ3n) is 2.80. The lowest BCUT2D eigenvalue weighted by Crippen LogP contribution is -2.22. The second kappa shape index (κ2) is 5.82. The Labute approximate surface area is 109 Å². The molecule has 1 aliphatic rings. The van der Waals surface area contributed by atoms with Crippen LogP contribution >= 0.6 is 22.6 Å². The van der Waals surface area contributed by atoms with Gasteiger partial charge < -0.3 is 10.1 Å². The summed E-state index contributed by atoms with van der Waals surface area (Å²) < 4.78 is 19.4. The van der Waals surface area contributed by atoms with Gasteiger partial charge in [0.05, 0.1) is 0 Å². The minimum absolute atomic E-state index is 0.179. The topological polar surface area (TPSA) is 21.3 Å². The van der Waals surface area contributed by atoms with Crippen molar-refractivity contribution >= 4 is 28.3 Å². The predicted molar refractivity (Wildman–Crippen MR) is 71.1 cm³/mol. The van der Waals surface area contributed by atoms with Gasteiger partial charge in [-0.25, -0.2) is 4.39 Å². The molecule has 0 aliphatic carbocycles. The molecule has 0 bridgehead atoms. The fourth-order valence-electron chi connectivity index (χ4n) is 1.87. The zero-order valence-electron chi connectivity index (χ0n) is 9.01. The first-order valence-electron chi connectivity index (χ1n) is 5.52. The smallest absolute Gasteiger partial charge is 0.126 e. The maximum atomic E-state index is 13.1. The van der Waals surface area contributed by atoms with E-state index in [0.29, 0.717) is 5.92 Å². The summed E-state index contributed by atoms with van der Waals surface area (Å²) in [6.07, 6.45) is 2.19. The highest BCUT2D eigenvalue weighted by Crippen LogP contribution is 2.19. The van der Waals surface area contributed by atoms with Crippen molar-refractivity contribution in [3.8, 4) is 0 Å². The molecule has 0 radical (unpaired) electrons. The summed E-state index contributed by atoms with van der Waals surface area (Å²) in [6, 6.07) is 5.03. The Hall–Kier alpha value is -0.360. The Morgan fingerprint density at radius 3 is 2.75 bits per heavy atom. The van der Waals surface area contributed by atoms with E-state index in [1.165, 1.54) is 6.07 Å². The molecule has 88 valence electrons. The number of rotatable bonds is 3. The van der Waals surface area contributed by atoms with Gasteiger partial charge in [-0.2, -0.15) is 0 Å². The van der Waals surface area contributed by atoms with Crippen LogP contribution < -0.4 is 5.32 Å². The molecule has 4 heteroatoms. The number of nitrogens with one attached hydrogen (secondary N) is 1. The van der Waals surface area contributed by atoms with Gasteiger partial charge in [0.1, 0.15) is 5.82 Å². The van der Waals surface area contributed by atoms with E-state index in [2.05, 4.69) is 27.9 Å². The molecule has 0 atom stereocenters. The van der Waals surface area contributed by atoms with Crippen molar-refractivity contribution in [2.24, 2.45) is 5.92 Å². The molecule has 1 fully saturated rings. The first kappa shape index (κ1) is 12.1. The number of benzene rings is 1. The fraction of sp³-hybridized carbons (Fsp3) is 0.500. The molecule has 1 aromatic rings. The van der Waals surface area contributed by atoms with E-state index in [9.17, 15) is 4.39 Å². The van der Waals surface area contributed by atoms with Gasteiger partial charge in [-0.05, 0) is 59.5 Å². The molecule has 1 N–H and O–H groups in total. The van der Waals surface area contributed by atoms with Crippen molar-refractivity contribution in [1.29, 1.82) is 0 Å². The highest BCUT2D eigenvalue weighted by Gasteiger charge is 2.13. The van der Waals surface area contributed by atoms with Crippen molar-refractivity contribution < 1.29 is 9.13 Å². The summed E-state index contributed by atoms with van der Waals surface area (Å²) in [7, 11) is 0. The first-order chi connectivity index (χ1) is 7.74. The summed E-state index contributed by atoms with van der Waals surface area (Å²) in [4.78, 5) is 0. The molecule has 1 aliphatic heterocycles. The van der Waals surface area contributed by atoms with Crippen LogP contribution in [-0.4, -0.2) is 19.8 Å². The molecule has 16 heavy (non-hydrogen) atoms. The predicted octanol–water partition coefficient (Wildman–Crippen LogP) is 3.27. The zero-order valence-corrected chi connectivity index (χ0v) is 11.2. The minimum Gasteiger partial charge on any atom is -0.385 e. The van der Waals surface area contributed by atoms with E-state index in [1.807, 2.05) is 6.07 Å². The van der Waals surface area contributed by atoms with E-state index in [4.69, 9.17) is 4.74 Å². The van der Waals surface area contributed by atoms with Crippen LogP contribution in [0, 0.1) is 15.3 Å². The average molecular weight is 335 g/mol. The Morgan fingerprint density at radius 1 is 1.31 bits per heavy atom. The molecule has 1 heterocycles. The van der Waals surface area contributed by atoms with Crippen LogP contribution in [0.2, 0.25) is 0 Å². The van der Waals surface area contributed by atoms with Gasteiger partial charge in [-0.1, -0.05) is 0 Å². The first-order valence-corrected chi connectivity index (χ1v) is 6.59. The Morgan fingerprint density at radius 2 is 2.06 bits per heavy atom. The van der Waals surface area contributed by atoms with Gasteiger partial charge in [0.2, 0.25) is 0 Å². The molecule has 1 saturated heterocycles. The van der Waals surface area contributed by atoms with E-state index >= 15 is 0 Å². The van der Waals surface area contributed by atoms with Crippen LogP contribution in [0.5, 0.6) is 0 Å². The van der Waals surface area contributed by atoms with Crippen LogP contribution in [0.4, 0.5) is 10.1 Å². The monoisotopic (exact) mass is 335 g/mol. The Balaban J connectivity index is 1.88. The van der Waals surface area contributed by atoms with E-state index in [0.717, 1.165) is 41.9 Å². The fourth-order valence-corrected chi connectivity index (χ4v) is 2.50. The number of halogens is 2. The van der Waals surface area contributed by atoms with Gasteiger partial charge in [0.15, 0.2) is 0 Å². The second-order valence-corrected chi connectivity index (χ2v) is 5.34. The highest BCUT2D eigenvalue weighted by atomic mass is 127. The van der Waals surface area contributed by atoms with Gasteiger partial charge in [0.25, 0.3) is 0 Å². The van der Waals surface area contributed by atoms with Crippen LogP contribution in [0.25, 0.3) is 0 Å². The van der Waals surface area contributed by atoms with Crippen LogP contribution in [-0.2, 0) is 4.74 Å². The van der Waals surface area contributed by atoms with E-state index in [-0.39, 0.29) is 5.82 Å². The van der Waals surface area contributed by atoms with Gasteiger partial charge in [0, 0.05) is 29.0 Å². The number of anilines is 1. The molecule has 2 nitrogen and oxygen atoms in total. The van der Waals surface area contributed by atoms with Crippen molar-refractivity contribution in [2.45, 2.75) is 12.8 Å². The van der Waals surface area contributed by atoms with Crippen LogP contribution in [0.3, 0.4) is 0 Å². The lowest BCUT2D eigenvalue weighted by molar-refractivity contribution is 0.0699. The summed E-state index contributed by atoms with van der Waals surface area (Å²) >= 11 is 2.13. The van der Waals surface area contributed by atoms with Crippen LogP contribution in [0.15, 0.2) is 18.2 Å². The lowest BCUT2D eigenvalue weighted by Gasteiger charge is -2.22. The normalized spacial score (nSPS) is 17.4.